The zero-order valence-corrected chi connectivity index (χ0v) is 24.0. The van der Waals surface area contributed by atoms with Crippen LogP contribution in [0.2, 0.25) is 0 Å². The molecule has 5 heteroatoms. The predicted octanol–water partition coefficient (Wildman–Crippen LogP) is 9.42. The lowest BCUT2D eigenvalue weighted by atomic mass is 9.97. The summed E-state index contributed by atoms with van der Waals surface area (Å²) < 4.78 is 5.62. The molecule has 0 aliphatic heterocycles. The van der Waals surface area contributed by atoms with E-state index in [-0.39, 0.29) is 11.1 Å². The summed E-state index contributed by atoms with van der Waals surface area (Å²) in [7, 11) is 0. The maximum atomic E-state index is 13.8. The number of benzene rings is 6. The molecule has 0 aliphatic carbocycles. The second-order valence-corrected chi connectivity index (χ2v) is 10.9. The highest BCUT2D eigenvalue weighted by molar-refractivity contribution is 6.16. The van der Waals surface area contributed by atoms with Crippen LogP contribution in [0.15, 0.2) is 146 Å². The Hall–Kier alpha value is -6.20. The Kier molecular flexibility index (Phi) is 6.35. The largest absolute Gasteiger partial charge is 0.386 e. The normalized spacial score (nSPS) is 11.3. The SMILES string of the molecule is O=C(OC(=O)c1ccc(-c2ccccc2)c2nc3ccccc3cc12)c1ccc(-c2ccccc2)c2nc3ccccc3cc12. The van der Waals surface area contributed by atoms with Gasteiger partial charge in [-0.2, -0.15) is 0 Å². The van der Waals surface area contributed by atoms with Crippen LogP contribution in [0.25, 0.3) is 65.9 Å². The average molecular weight is 581 g/mol. The summed E-state index contributed by atoms with van der Waals surface area (Å²) in [5.41, 5.74) is 7.22. The Morgan fingerprint density at radius 2 is 0.844 bits per heavy atom. The number of carbonyl (C=O) groups is 2. The zero-order valence-electron chi connectivity index (χ0n) is 24.0. The fourth-order valence-electron chi connectivity index (χ4n) is 5.98. The summed E-state index contributed by atoms with van der Waals surface area (Å²) >= 11 is 0. The first-order valence-corrected chi connectivity index (χ1v) is 14.7. The minimum atomic E-state index is -0.740. The third kappa shape index (κ3) is 4.67. The first-order valence-electron chi connectivity index (χ1n) is 14.7. The number of nitrogens with zero attached hydrogens (tertiary/aromatic N) is 2. The van der Waals surface area contributed by atoms with Crippen LogP contribution in [0.5, 0.6) is 0 Å². The quantitative estimate of drug-likeness (QED) is 0.118. The number of esters is 2. The summed E-state index contributed by atoms with van der Waals surface area (Å²) in [5.74, 6) is -1.48. The number of ether oxygens (including phenoxy) is 1. The molecule has 0 fully saturated rings. The summed E-state index contributed by atoms with van der Waals surface area (Å²) in [6.07, 6.45) is 0. The van der Waals surface area contributed by atoms with E-state index < -0.39 is 11.9 Å². The molecule has 0 amide bonds. The third-order valence-electron chi connectivity index (χ3n) is 8.17. The molecule has 45 heavy (non-hydrogen) atoms. The number of carbonyl (C=O) groups excluding carboxylic acids is 2. The highest BCUT2D eigenvalue weighted by Gasteiger charge is 2.23. The van der Waals surface area contributed by atoms with Crippen molar-refractivity contribution in [2.24, 2.45) is 0 Å². The number of pyridine rings is 2. The van der Waals surface area contributed by atoms with Crippen molar-refractivity contribution in [1.29, 1.82) is 0 Å². The molecule has 8 aromatic rings. The molecule has 0 saturated heterocycles. The van der Waals surface area contributed by atoms with E-state index >= 15 is 0 Å². The van der Waals surface area contributed by atoms with Gasteiger partial charge in [-0.05, 0) is 47.5 Å². The van der Waals surface area contributed by atoms with Crippen LogP contribution in [0.4, 0.5) is 0 Å². The van der Waals surface area contributed by atoms with Crippen molar-refractivity contribution in [2.45, 2.75) is 0 Å². The van der Waals surface area contributed by atoms with Gasteiger partial charge in [0.15, 0.2) is 0 Å². The van der Waals surface area contributed by atoms with Crippen LogP contribution in [0.1, 0.15) is 20.7 Å². The molecule has 0 bridgehead atoms. The Labute approximate surface area is 258 Å². The zero-order chi connectivity index (χ0) is 30.3. The van der Waals surface area contributed by atoms with Crippen molar-refractivity contribution in [2.75, 3.05) is 0 Å². The highest BCUT2D eigenvalue weighted by Crippen LogP contribution is 2.34. The Morgan fingerprint density at radius 1 is 0.444 bits per heavy atom. The fraction of sp³-hybridized carbons (Fsp3) is 0. The van der Waals surface area contributed by atoms with Crippen molar-refractivity contribution in [3.63, 3.8) is 0 Å². The van der Waals surface area contributed by atoms with Gasteiger partial charge in [0.1, 0.15) is 0 Å². The molecule has 6 aromatic carbocycles. The number of hydrogen-bond donors (Lipinski definition) is 0. The Balaban J connectivity index is 1.24. The number of rotatable bonds is 4. The number of fused-ring (bicyclic) bond motifs is 4. The third-order valence-corrected chi connectivity index (χ3v) is 8.17. The van der Waals surface area contributed by atoms with Crippen molar-refractivity contribution in [1.82, 2.24) is 9.97 Å². The van der Waals surface area contributed by atoms with Gasteiger partial charge in [0.05, 0.1) is 33.2 Å². The van der Waals surface area contributed by atoms with E-state index in [9.17, 15) is 9.59 Å². The van der Waals surface area contributed by atoms with Crippen LogP contribution in [0.3, 0.4) is 0 Å². The van der Waals surface area contributed by atoms with Crippen molar-refractivity contribution in [3.05, 3.63) is 157 Å². The minimum absolute atomic E-state index is 0.269. The predicted molar refractivity (Wildman–Crippen MR) is 179 cm³/mol. The van der Waals surface area contributed by atoms with Crippen molar-refractivity contribution >= 4 is 55.6 Å². The lowest BCUT2D eigenvalue weighted by Gasteiger charge is -2.13. The molecule has 0 spiro atoms. The molecule has 0 N–H and O–H groups in total. The summed E-state index contributed by atoms with van der Waals surface area (Å²) in [5, 5.41) is 3.00. The molecule has 0 unspecified atom stereocenters. The number of para-hydroxylation sites is 2. The Morgan fingerprint density at radius 3 is 1.29 bits per heavy atom. The summed E-state index contributed by atoms with van der Waals surface area (Å²) in [6, 6.07) is 46.4. The molecule has 0 saturated carbocycles. The van der Waals surface area contributed by atoms with E-state index in [4.69, 9.17) is 14.7 Å². The lowest BCUT2D eigenvalue weighted by Crippen LogP contribution is -2.14. The number of hydrogen-bond acceptors (Lipinski definition) is 5. The minimum Gasteiger partial charge on any atom is -0.386 e. The van der Waals surface area contributed by atoms with Crippen LogP contribution in [-0.4, -0.2) is 21.9 Å². The smallest absolute Gasteiger partial charge is 0.346 e. The van der Waals surface area contributed by atoms with Gasteiger partial charge in [-0.15, -0.1) is 0 Å². The Bertz CT molecular complexity index is 2270. The molecule has 212 valence electrons. The molecular formula is C40H24N2O3. The first-order chi connectivity index (χ1) is 22.1. The highest BCUT2D eigenvalue weighted by atomic mass is 16.6. The molecule has 0 radical (unpaired) electrons. The van der Waals surface area contributed by atoms with E-state index in [2.05, 4.69) is 0 Å². The van der Waals surface area contributed by atoms with Gasteiger partial charge >= 0.3 is 11.9 Å². The van der Waals surface area contributed by atoms with Crippen LogP contribution >= 0.6 is 0 Å². The second kappa shape index (κ2) is 10.8. The van der Waals surface area contributed by atoms with Crippen LogP contribution in [0, 0.1) is 0 Å². The van der Waals surface area contributed by atoms with E-state index in [1.54, 1.807) is 12.1 Å². The van der Waals surface area contributed by atoms with E-state index in [0.717, 1.165) is 44.1 Å². The molecule has 2 heterocycles. The maximum absolute atomic E-state index is 13.8. The second-order valence-electron chi connectivity index (χ2n) is 10.9. The van der Waals surface area contributed by atoms with Gasteiger partial charge in [0, 0.05) is 32.7 Å². The van der Waals surface area contributed by atoms with Crippen molar-refractivity contribution in [3.8, 4) is 22.3 Å². The van der Waals surface area contributed by atoms with Gasteiger partial charge in [0.2, 0.25) is 0 Å². The van der Waals surface area contributed by atoms with E-state index in [1.807, 2.05) is 133 Å². The van der Waals surface area contributed by atoms with Crippen LogP contribution < -0.4 is 0 Å². The lowest BCUT2D eigenvalue weighted by molar-refractivity contribution is 0.0400. The molecule has 0 atom stereocenters. The number of aromatic nitrogens is 2. The van der Waals surface area contributed by atoms with Crippen LogP contribution in [-0.2, 0) is 4.74 Å². The van der Waals surface area contributed by atoms with Crippen molar-refractivity contribution < 1.29 is 14.3 Å². The average Bonchev–Trinajstić information content (AvgIpc) is 3.09. The van der Waals surface area contributed by atoms with Gasteiger partial charge in [0.25, 0.3) is 0 Å². The maximum Gasteiger partial charge on any atom is 0.346 e. The molecule has 0 aliphatic rings. The topological polar surface area (TPSA) is 69.2 Å². The van der Waals surface area contributed by atoms with Gasteiger partial charge in [-0.3, -0.25) is 0 Å². The van der Waals surface area contributed by atoms with E-state index in [1.165, 1.54) is 0 Å². The fourth-order valence-corrected chi connectivity index (χ4v) is 5.98. The van der Waals surface area contributed by atoms with Gasteiger partial charge in [-0.1, -0.05) is 109 Å². The molecule has 2 aromatic heterocycles. The molecule has 5 nitrogen and oxygen atoms in total. The van der Waals surface area contributed by atoms with Gasteiger partial charge < -0.3 is 4.74 Å². The summed E-state index contributed by atoms with van der Waals surface area (Å²) in [6.45, 7) is 0. The summed E-state index contributed by atoms with van der Waals surface area (Å²) in [4.78, 5) is 37.4. The monoisotopic (exact) mass is 580 g/mol. The van der Waals surface area contributed by atoms with Gasteiger partial charge in [-0.25, -0.2) is 19.6 Å². The van der Waals surface area contributed by atoms with E-state index in [0.29, 0.717) is 21.8 Å². The first kappa shape index (κ1) is 26.4. The standard InChI is InChI=1S/C40H24N2O3/c43-39(31-21-19-29(25-11-3-1-4-12-25)37-33(31)23-27-15-7-9-17-35(27)41-37)45-40(44)32-22-20-30(26-13-5-2-6-14-26)38-34(32)24-28-16-8-10-18-36(28)42-38/h1-24H. The molecule has 8 rings (SSSR count). The molecular weight excluding hydrogens is 556 g/mol.